The van der Waals surface area contributed by atoms with Gasteiger partial charge >= 0.3 is 12.3 Å². The first-order chi connectivity index (χ1) is 20.8. The molecule has 0 saturated heterocycles. The lowest BCUT2D eigenvalue weighted by atomic mass is 10.1. The molecule has 0 radical (unpaired) electrons. The van der Waals surface area contributed by atoms with Crippen LogP contribution in [0, 0.1) is 11.3 Å². The summed E-state index contributed by atoms with van der Waals surface area (Å²) in [5.74, 6) is 0.0486. The molecule has 1 amide bonds. The number of alkyl carbamates (subject to hydrolysis) is 1. The average molecular weight is 611 g/mol. The molecule has 0 aromatic heterocycles. The van der Waals surface area contributed by atoms with Crippen molar-refractivity contribution in [2.75, 3.05) is 20.3 Å². The van der Waals surface area contributed by atoms with Gasteiger partial charge in [0.15, 0.2) is 17.3 Å². The van der Waals surface area contributed by atoms with Crippen LogP contribution < -0.4 is 24.3 Å². The zero-order valence-corrected chi connectivity index (χ0v) is 24.3. The Morgan fingerprint density at radius 2 is 1.77 bits per heavy atom. The number of halogens is 3. The Hall–Kier alpha value is -5.18. The second kappa shape index (κ2) is 13.0. The summed E-state index contributed by atoms with van der Waals surface area (Å²) < 4.78 is 68.3. The summed E-state index contributed by atoms with van der Waals surface area (Å²) in [5, 5.41) is 11.6. The molecule has 0 bridgehead atoms. The Morgan fingerprint density at radius 1 is 1.02 bits per heavy atom. The number of carbonyl (C=O) groups excluding carboxylic acids is 2. The average Bonchev–Trinajstić information content (AvgIpc) is 3.26. The summed E-state index contributed by atoms with van der Waals surface area (Å²) in [7, 11) is 1.32. The molecule has 0 saturated carbocycles. The first-order valence-electron chi connectivity index (χ1n) is 13.4. The Kier molecular flexibility index (Phi) is 9.37. The van der Waals surface area contributed by atoms with Crippen molar-refractivity contribution in [3.05, 3.63) is 82.6 Å². The van der Waals surface area contributed by atoms with Gasteiger partial charge in [0.1, 0.15) is 22.8 Å². The fourth-order valence-electron chi connectivity index (χ4n) is 4.06. The number of amides is 1. The van der Waals surface area contributed by atoms with Crippen LogP contribution >= 0.6 is 0 Å². The summed E-state index contributed by atoms with van der Waals surface area (Å²) in [6.45, 7) is 5.98. The Balaban J connectivity index is 1.41. The van der Waals surface area contributed by atoms with Crippen LogP contribution in [0.3, 0.4) is 0 Å². The van der Waals surface area contributed by atoms with E-state index in [2.05, 4.69) is 5.32 Å². The zero-order valence-electron chi connectivity index (χ0n) is 24.3. The number of hydrogen-bond donors (Lipinski definition) is 1. The van der Waals surface area contributed by atoms with Crippen LogP contribution in [0.4, 0.5) is 18.0 Å². The molecule has 230 valence electrons. The topological polar surface area (TPSA) is 116 Å². The van der Waals surface area contributed by atoms with Gasteiger partial charge in [-0.1, -0.05) is 6.07 Å². The molecule has 1 N–H and O–H groups in total. The van der Waals surface area contributed by atoms with E-state index in [4.69, 9.17) is 28.9 Å². The van der Waals surface area contributed by atoms with Gasteiger partial charge < -0.3 is 29.0 Å². The molecule has 0 unspecified atom stereocenters. The lowest BCUT2D eigenvalue weighted by Crippen LogP contribution is -2.33. The molecule has 3 aromatic carbocycles. The quantitative estimate of drug-likeness (QED) is 0.198. The number of allylic oxidation sites excluding steroid dienone is 1. The third kappa shape index (κ3) is 8.01. The number of ether oxygens (including phenoxy) is 5. The second-order valence-corrected chi connectivity index (χ2v) is 10.6. The number of fused-ring (bicyclic) bond motifs is 1. The molecule has 4 rings (SSSR count). The Bertz CT molecular complexity index is 1640. The smallest absolute Gasteiger partial charge is 0.420 e. The van der Waals surface area contributed by atoms with Crippen LogP contribution in [0.25, 0.3) is 6.08 Å². The van der Waals surface area contributed by atoms with Crippen LogP contribution in [0.5, 0.6) is 28.7 Å². The van der Waals surface area contributed by atoms with Gasteiger partial charge in [0.25, 0.3) is 0 Å². The summed E-state index contributed by atoms with van der Waals surface area (Å²) in [4.78, 5) is 24.7. The van der Waals surface area contributed by atoms with Crippen molar-refractivity contribution in [2.24, 2.45) is 0 Å². The maximum absolute atomic E-state index is 13.6. The number of ketones is 1. The van der Waals surface area contributed by atoms with E-state index >= 15 is 0 Å². The first-order valence-corrected chi connectivity index (χ1v) is 13.4. The molecule has 0 atom stereocenters. The minimum atomic E-state index is -4.75. The molecule has 3 aromatic rings. The highest BCUT2D eigenvalue weighted by Crippen LogP contribution is 2.41. The monoisotopic (exact) mass is 610 g/mol. The lowest BCUT2D eigenvalue weighted by Gasteiger charge is -2.19. The SMILES string of the molecule is COc1cc(C=C2Oc3cc(OCCCNC(=O)OC(C)(C)C)ccc3C2=O)ccc1Oc1ccc(C#N)cc1C(F)(F)F. The third-order valence-corrected chi connectivity index (χ3v) is 6.02. The van der Waals surface area contributed by atoms with E-state index in [1.807, 2.05) is 0 Å². The van der Waals surface area contributed by atoms with Crippen molar-refractivity contribution >= 4 is 18.0 Å². The molecule has 1 heterocycles. The fraction of sp³-hybridized carbons (Fsp3) is 0.281. The minimum absolute atomic E-state index is 0.00473. The summed E-state index contributed by atoms with van der Waals surface area (Å²) in [5.41, 5.74) is -1.05. The van der Waals surface area contributed by atoms with Crippen LogP contribution in [-0.4, -0.2) is 37.7 Å². The van der Waals surface area contributed by atoms with Gasteiger partial charge in [-0.05, 0) is 81.3 Å². The maximum atomic E-state index is 13.6. The van der Waals surface area contributed by atoms with E-state index in [9.17, 15) is 22.8 Å². The highest BCUT2D eigenvalue weighted by Gasteiger charge is 2.35. The largest absolute Gasteiger partial charge is 0.493 e. The highest BCUT2D eigenvalue weighted by molar-refractivity contribution is 6.14. The third-order valence-electron chi connectivity index (χ3n) is 6.02. The Labute approximate surface area is 251 Å². The number of nitriles is 1. The van der Waals surface area contributed by atoms with Crippen molar-refractivity contribution in [1.82, 2.24) is 5.32 Å². The number of hydrogen-bond acceptors (Lipinski definition) is 8. The predicted molar refractivity (Wildman–Crippen MR) is 153 cm³/mol. The van der Waals surface area contributed by atoms with E-state index < -0.39 is 29.2 Å². The van der Waals surface area contributed by atoms with Crippen molar-refractivity contribution < 1.29 is 46.4 Å². The molecule has 0 fully saturated rings. The number of carbonyl (C=O) groups is 2. The van der Waals surface area contributed by atoms with E-state index in [1.54, 1.807) is 45.0 Å². The lowest BCUT2D eigenvalue weighted by molar-refractivity contribution is -0.138. The van der Waals surface area contributed by atoms with E-state index in [0.717, 1.165) is 6.07 Å². The summed E-state index contributed by atoms with van der Waals surface area (Å²) in [6, 6.07) is 13.9. The Morgan fingerprint density at radius 3 is 2.45 bits per heavy atom. The predicted octanol–water partition coefficient (Wildman–Crippen LogP) is 7.29. The van der Waals surface area contributed by atoms with E-state index in [1.165, 1.54) is 37.5 Å². The van der Waals surface area contributed by atoms with Crippen LogP contribution in [0.1, 0.15) is 54.2 Å². The number of Topliss-reactive ketones (excluding diaryl/α,β-unsaturated/α-hetero) is 1. The number of nitrogens with zero attached hydrogens (tertiary/aromatic N) is 1. The number of benzene rings is 3. The van der Waals surface area contributed by atoms with E-state index in [0.29, 0.717) is 48.3 Å². The standard InChI is InChI=1S/C32H29F3N2O7/c1-31(2,3)44-30(39)37-12-5-13-41-21-8-9-22-26(17-21)43-28(29(22)38)16-19-6-11-25(27(15-19)40-4)42-24-10-7-20(18-36)14-23(24)32(33,34)35/h6-11,14-17H,5,12-13H2,1-4H3,(H,37,39). The van der Waals surface area contributed by atoms with Gasteiger partial charge in [-0.3, -0.25) is 4.79 Å². The van der Waals surface area contributed by atoms with Gasteiger partial charge in [-0.15, -0.1) is 0 Å². The van der Waals surface area contributed by atoms with Crippen LogP contribution in [-0.2, 0) is 10.9 Å². The molecule has 1 aliphatic heterocycles. The van der Waals surface area contributed by atoms with Crippen molar-refractivity contribution in [3.8, 4) is 34.8 Å². The number of methoxy groups -OCH3 is 1. The van der Waals surface area contributed by atoms with Crippen molar-refractivity contribution in [3.63, 3.8) is 0 Å². The molecule has 44 heavy (non-hydrogen) atoms. The number of nitrogens with one attached hydrogen (secondary N) is 1. The number of alkyl halides is 3. The van der Waals surface area contributed by atoms with Crippen molar-refractivity contribution in [2.45, 2.75) is 39.0 Å². The molecular weight excluding hydrogens is 581 g/mol. The van der Waals surface area contributed by atoms with Crippen LogP contribution in [0.15, 0.2) is 60.4 Å². The van der Waals surface area contributed by atoms with Gasteiger partial charge in [-0.2, -0.15) is 18.4 Å². The van der Waals surface area contributed by atoms with Crippen LogP contribution in [0.2, 0.25) is 0 Å². The summed E-state index contributed by atoms with van der Waals surface area (Å²) >= 11 is 0. The molecule has 0 aliphatic carbocycles. The van der Waals surface area contributed by atoms with Gasteiger partial charge in [0.05, 0.1) is 36.5 Å². The van der Waals surface area contributed by atoms with Crippen molar-refractivity contribution in [1.29, 1.82) is 5.26 Å². The van der Waals surface area contributed by atoms with Gasteiger partial charge in [0.2, 0.25) is 5.78 Å². The fourth-order valence-corrected chi connectivity index (χ4v) is 4.06. The van der Waals surface area contributed by atoms with E-state index in [-0.39, 0.29) is 28.6 Å². The summed E-state index contributed by atoms with van der Waals surface area (Å²) in [6.07, 6.45) is -3.27. The molecule has 12 heteroatoms. The highest BCUT2D eigenvalue weighted by atomic mass is 19.4. The molecule has 9 nitrogen and oxygen atoms in total. The van der Waals surface area contributed by atoms with Gasteiger partial charge in [0, 0.05) is 12.6 Å². The minimum Gasteiger partial charge on any atom is -0.493 e. The molecular formula is C32H29F3N2O7. The second-order valence-electron chi connectivity index (χ2n) is 10.6. The normalized spacial score (nSPS) is 13.5. The molecule has 1 aliphatic rings. The maximum Gasteiger partial charge on any atom is 0.420 e. The number of rotatable bonds is 9. The molecule has 0 spiro atoms. The first kappa shape index (κ1) is 31.7. The van der Waals surface area contributed by atoms with Gasteiger partial charge in [-0.25, -0.2) is 4.79 Å². The zero-order chi connectivity index (χ0) is 32.1.